The number of thioether (sulfide) groups is 1. The van der Waals surface area contributed by atoms with Crippen molar-refractivity contribution in [3.05, 3.63) is 65.0 Å². The molecular weight excluding hydrogens is 338 g/mol. The standard InChI is InChI=1S/C19H17NO2S2/c1-13(21)15-8-9-18(22-2)16(10-15)11-23-19-20-17(12-24-19)14-6-4-3-5-7-14/h3-10,12H,11H2,1-2H3. The van der Waals surface area contributed by atoms with E-state index in [0.717, 1.165) is 26.9 Å². The molecule has 0 atom stereocenters. The molecule has 0 bridgehead atoms. The lowest BCUT2D eigenvalue weighted by atomic mass is 10.1. The average Bonchev–Trinajstić information content (AvgIpc) is 3.09. The van der Waals surface area contributed by atoms with Crippen molar-refractivity contribution in [1.29, 1.82) is 0 Å². The first-order valence-electron chi connectivity index (χ1n) is 7.49. The van der Waals surface area contributed by atoms with E-state index in [4.69, 9.17) is 4.74 Å². The Morgan fingerprint density at radius 1 is 1.21 bits per heavy atom. The van der Waals surface area contributed by atoms with Gasteiger partial charge in [0.2, 0.25) is 0 Å². The number of ketones is 1. The maximum atomic E-state index is 11.6. The van der Waals surface area contributed by atoms with Crippen LogP contribution >= 0.6 is 23.1 Å². The summed E-state index contributed by atoms with van der Waals surface area (Å²) in [6.07, 6.45) is 0. The predicted molar refractivity (Wildman–Crippen MR) is 100 cm³/mol. The molecule has 122 valence electrons. The highest BCUT2D eigenvalue weighted by Crippen LogP contribution is 2.33. The van der Waals surface area contributed by atoms with E-state index < -0.39 is 0 Å². The maximum absolute atomic E-state index is 11.6. The van der Waals surface area contributed by atoms with Crippen LogP contribution in [-0.4, -0.2) is 17.9 Å². The van der Waals surface area contributed by atoms with Crippen LogP contribution in [0.2, 0.25) is 0 Å². The zero-order valence-corrected chi connectivity index (χ0v) is 15.1. The molecule has 24 heavy (non-hydrogen) atoms. The SMILES string of the molecule is COc1ccc(C(C)=O)cc1CSc1nc(-c2ccccc2)cs1. The largest absolute Gasteiger partial charge is 0.496 e. The minimum atomic E-state index is 0.0597. The lowest BCUT2D eigenvalue weighted by molar-refractivity contribution is 0.101. The van der Waals surface area contributed by atoms with E-state index in [0.29, 0.717) is 11.3 Å². The molecule has 5 heteroatoms. The van der Waals surface area contributed by atoms with Gasteiger partial charge < -0.3 is 4.74 Å². The van der Waals surface area contributed by atoms with Crippen molar-refractivity contribution in [2.75, 3.05) is 7.11 Å². The Balaban J connectivity index is 1.75. The zero-order chi connectivity index (χ0) is 16.9. The molecule has 0 spiro atoms. The van der Waals surface area contributed by atoms with Crippen molar-refractivity contribution in [2.45, 2.75) is 17.0 Å². The van der Waals surface area contributed by atoms with Gasteiger partial charge in [-0.1, -0.05) is 42.1 Å². The second kappa shape index (κ2) is 7.64. The minimum Gasteiger partial charge on any atom is -0.496 e. The Morgan fingerprint density at radius 3 is 2.71 bits per heavy atom. The van der Waals surface area contributed by atoms with E-state index in [1.165, 1.54) is 0 Å². The molecule has 0 aliphatic rings. The first-order chi connectivity index (χ1) is 11.7. The summed E-state index contributed by atoms with van der Waals surface area (Å²) in [5.74, 6) is 1.57. The average molecular weight is 355 g/mol. The summed E-state index contributed by atoms with van der Waals surface area (Å²) in [4.78, 5) is 16.3. The molecule has 0 fully saturated rings. The van der Waals surface area contributed by atoms with Crippen LogP contribution < -0.4 is 4.74 Å². The van der Waals surface area contributed by atoms with Gasteiger partial charge in [0.05, 0.1) is 12.8 Å². The van der Waals surface area contributed by atoms with Gasteiger partial charge in [-0.05, 0) is 25.1 Å². The molecule has 3 aromatic rings. The molecule has 0 saturated heterocycles. The summed E-state index contributed by atoms with van der Waals surface area (Å²) in [6, 6.07) is 15.7. The van der Waals surface area contributed by atoms with Gasteiger partial charge in [0.15, 0.2) is 10.1 Å². The van der Waals surface area contributed by atoms with Crippen molar-refractivity contribution in [1.82, 2.24) is 4.98 Å². The number of carbonyl (C=O) groups excluding carboxylic acids is 1. The number of hydrogen-bond donors (Lipinski definition) is 0. The number of hydrogen-bond acceptors (Lipinski definition) is 5. The Hall–Kier alpha value is -2.11. The summed E-state index contributed by atoms with van der Waals surface area (Å²) in [7, 11) is 1.65. The number of carbonyl (C=O) groups is 1. The number of Topliss-reactive ketones (excluding diaryl/α,β-unsaturated/α-hetero) is 1. The third-order valence-electron chi connectivity index (χ3n) is 3.59. The quantitative estimate of drug-likeness (QED) is 0.443. The fraction of sp³-hybridized carbons (Fsp3) is 0.158. The number of ether oxygens (including phenoxy) is 1. The molecule has 0 N–H and O–H groups in total. The lowest BCUT2D eigenvalue weighted by Crippen LogP contribution is -1.96. The fourth-order valence-corrected chi connectivity index (χ4v) is 4.13. The molecule has 0 saturated carbocycles. The van der Waals surface area contributed by atoms with Crippen LogP contribution in [0.5, 0.6) is 5.75 Å². The van der Waals surface area contributed by atoms with E-state index >= 15 is 0 Å². The number of benzene rings is 2. The third kappa shape index (κ3) is 3.86. The summed E-state index contributed by atoms with van der Waals surface area (Å²) >= 11 is 3.29. The summed E-state index contributed by atoms with van der Waals surface area (Å²) in [5, 5.41) is 2.07. The molecule has 0 radical (unpaired) electrons. The molecule has 1 aromatic heterocycles. The second-order valence-electron chi connectivity index (χ2n) is 5.24. The molecule has 0 aliphatic carbocycles. The summed E-state index contributed by atoms with van der Waals surface area (Å²) in [6.45, 7) is 1.58. The maximum Gasteiger partial charge on any atom is 0.159 e. The second-order valence-corrected chi connectivity index (χ2v) is 7.32. The van der Waals surface area contributed by atoms with Crippen LogP contribution in [0.4, 0.5) is 0 Å². The Bertz CT molecular complexity index is 844. The number of aromatic nitrogens is 1. The first kappa shape index (κ1) is 16.7. The number of thiazole rings is 1. The third-order valence-corrected chi connectivity index (χ3v) is 5.66. The summed E-state index contributed by atoms with van der Waals surface area (Å²) in [5.41, 5.74) is 3.83. The van der Waals surface area contributed by atoms with Crippen LogP contribution in [0.15, 0.2) is 58.3 Å². The smallest absolute Gasteiger partial charge is 0.159 e. The topological polar surface area (TPSA) is 39.2 Å². The highest BCUT2D eigenvalue weighted by Gasteiger charge is 2.10. The molecule has 2 aromatic carbocycles. The van der Waals surface area contributed by atoms with E-state index in [1.807, 2.05) is 30.3 Å². The van der Waals surface area contributed by atoms with Gasteiger partial charge in [-0.2, -0.15) is 0 Å². The van der Waals surface area contributed by atoms with Crippen molar-refractivity contribution in [2.24, 2.45) is 0 Å². The Labute approximate surface area is 149 Å². The number of methoxy groups -OCH3 is 1. The highest BCUT2D eigenvalue weighted by atomic mass is 32.2. The van der Waals surface area contributed by atoms with Crippen LogP contribution in [0.3, 0.4) is 0 Å². The van der Waals surface area contributed by atoms with Gasteiger partial charge in [-0.3, -0.25) is 4.79 Å². The van der Waals surface area contributed by atoms with Crippen molar-refractivity contribution in [3.63, 3.8) is 0 Å². The Morgan fingerprint density at radius 2 is 2.00 bits per heavy atom. The lowest BCUT2D eigenvalue weighted by Gasteiger charge is -2.08. The van der Waals surface area contributed by atoms with E-state index in [9.17, 15) is 4.79 Å². The van der Waals surface area contributed by atoms with Gasteiger partial charge in [-0.25, -0.2) is 4.98 Å². The molecule has 3 rings (SSSR count). The fourth-order valence-electron chi connectivity index (χ4n) is 2.31. The van der Waals surface area contributed by atoms with E-state index in [1.54, 1.807) is 43.2 Å². The normalized spacial score (nSPS) is 10.6. The zero-order valence-electron chi connectivity index (χ0n) is 13.5. The minimum absolute atomic E-state index is 0.0597. The van der Waals surface area contributed by atoms with Crippen molar-refractivity contribution in [3.8, 4) is 17.0 Å². The van der Waals surface area contributed by atoms with Gasteiger partial charge in [0.1, 0.15) is 5.75 Å². The van der Waals surface area contributed by atoms with E-state index in [2.05, 4.69) is 22.5 Å². The molecular formula is C19H17NO2S2. The van der Waals surface area contributed by atoms with Gasteiger partial charge in [-0.15, -0.1) is 11.3 Å². The van der Waals surface area contributed by atoms with Gasteiger partial charge in [0, 0.05) is 27.8 Å². The van der Waals surface area contributed by atoms with Crippen LogP contribution in [0.25, 0.3) is 11.3 Å². The first-order valence-corrected chi connectivity index (χ1v) is 9.35. The van der Waals surface area contributed by atoms with E-state index in [-0.39, 0.29) is 5.78 Å². The molecule has 3 nitrogen and oxygen atoms in total. The molecule has 0 aliphatic heterocycles. The Kier molecular flexibility index (Phi) is 5.33. The van der Waals surface area contributed by atoms with Crippen LogP contribution in [0, 0.1) is 0 Å². The van der Waals surface area contributed by atoms with Crippen molar-refractivity contribution >= 4 is 28.9 Å². The molecule has 0 unspecified atom stereocenters. The highest BCUT2D eigenvalue weighted by molar-refractivity contribution is 8.00. The van der Waals surface area contributed by atoms with Gasteiger partial charge >= 0.3 is 0 Å². The number of rotatable bonds is 6. The summed E-state index contributed by atoms with van der Waals surface area (Å²) < 4.78 is 6.41. The predicted octanol–water partition coefficient (Wildman–Crippen LogP) is 5.31. The number of nitrogens with zero attached hydrogens (tertiary/aromatic N) is 1. The monoisotopic (exact) mass is 355 g/mol. The molecule has 0 amide bonds. The van der Waals surface area contributed by atoms with Crippen LogP contribution in [0.1, 0.15) is 22.8 Å². The van der Waals surface area contributed by atoms with Gasteiger partial charge in [0.25, 0.3) is 0 Å². The van der Waals surface area contributed by atoms with Crippen LogP contribution in [-0.2, 0) is 5.75 Å². The molecule has 1 heterocycles. The van der Waals surface area contributed by atoms with Crippen molar-refractivity contribution < 1.29 is 9.53 Å².